The number of halogens is 3. The number of ketones is 1. The van der Waals surface area contributed by atoms with Crippen LogP contribution in [-0.4, -0.2) is 5.78 Å². The fourth-order valence-corrected chi connectivity index (χ4v) is 1.80. The van der Waals surface area contributed by atoms with Crippen LogP contribution in [0.3, 0.4) is 0 Å². The molecule has 0 aliphatic rings. The van der Waals surface area contributed by atoms with Crippen LogP contribution in [-0.2, 0) is 6.18 Å². The van der Waals surface area contributed by atoms with E-state index in [1.54, 1.807) is 24.3 Å². The standard InChI is InChI=1S/C16H12F3NO/c17-16(18,19)12-5-3-4-11(10-12)8-9-15(21)13-6-1-2-7-14(13)20/h1-10H,20H2/b9-8+. The minimum absolute atomic E-state index is 0.299. The molecule has 0 aliphatic heterocycles. The molecule has 0 radical (unpaired) electrons. The van der Waals surface area contributed by atoms with Gasteiger partial charge in [-0.3, -0.25) is 4.79 Å². The van der Waals surface area contributed by atoms with E-state index in [2.05, 4.69) is 0 Å². The molecular formula is C16H12F3NO. The van der Waals surface area contributed by atoms with E-state index in [0.717, 1.165) is 12.1 Å². The Balaban J connectivity index is 2.22. The maximum atomic E-state index is 12.6. The monoisotopic (exact) mass is 291 g/mol. The number of nitrogen functional groups attached to an aromatic ring is 1. The predicted octanol–water partition coefficient (Wildman–Crippen LogP) is 4.18. The van der Waals surface area contributed by atoms with Gasteiger partial charge in [-0.15, -0.1) is 0 Å². The number of nitrogens with two attached hydrogens (primary N) is 1. The Morgan fingerprint density at radius 2 is 1.76 bits per heavy atom. The molecule has 5 heteroatoms. The number of alkyl halides is 3. The van der Waals surface area contributed by atoms with Gasteiger partial charge in [0.1, 0.15) is 0 Å². The number of hydrogen-bond acceptors (Lipinski definition) is 2. The van der Waals surface area contributed by atoms with Crippen LogP contribution in [0.5, 0.6) is 0 Å². The molecule has 0 saturated heterocycles. The SMILES string of the molecule is Nc1ccccc1C(=O)/C=C/c1cccc(C(F)(F)F)c1. The van der Waals surface area contributed by atoms with Crippen LogP contribution in [0.4, 0.5) is 18.9 Å². The van der Waals surface area contributed by atoms with Crippen LogP contribution < -0.4 is 5.73 Å². The van der Waals surface area contributed by atoms with Gasteiger partial charge in [-0.05, 0) is 35.9 Å². The summed E-state index contributed by atoms with van der Waals surface area (Å²) in [5.74, 6) is -0.356. The normalized spacial score (nSPS) is 11.8. The van der Waals surface area contributed by atoms with Gasteiger partial charge in [0.25, 0.3) is 0 Å². The summed E-state index contributed by atoms with van der Waals surface area (Å²) in [5.41, 5.74) is 5.86. The fraction of sp³-hybridized carbons (Fsp3) is 0.0625. The Hall–Kier alpha value is -2.56. The highest BCUT2D eigenvalue weighted by atomic mass is 19.4. The van der Waals surface area contributed by atoms with E-state index in [9.17, 15) is 18.0 Å². The summed E-state index contributed by atoms with van der Waals surface area (Å²) in [6.07, 6.45) is -1.86. The maximum absolute atomic E-state index is 12.6. The van der Waals surface area contributed by atoms with Gasteiger partial charge in [0, 0.05) is 11.3 Å². The van der Waals surface area contributed by atoms with Crippen molar-refractivity contribution in [2.75, 3.05) is 5.73 Å². The quantitative estimate of drug-likeness (QED) is 0.523. The summed E-state index contributed by atoms with van der Waals surface area (Å²) in [4.78, 5) is 11.9. The zero-order valence-corrected chi connectivity index (χ0v) is 10.9. The van der Waals surface area contributed by atoms with E-state index in [0.29, 0.717) is 16.8 Å². The summed E-state index contributed by atoms with van der Waals surface area (Å²) in [6, 6.07) is 11.3. The Labute approximate surface area is 119 Å². The van der Waals surface area contributed by atoms with Crippen LogP contribution in [0, 0.1) is 0 Å². The second-order valence-electron chi connectivity index (χ2n) is 4.41. The molecule has 21 heavy (non-hydrogen) atoms. The minimum atomic E-state index is -4.41. The van der Waals surface area contributed by atoms with E-state index in [-0.39, 0.29) is 5.78 Å². The second-order valence-corrected chi connectivity index (χ2v) is 4.41. The lowest BCUT2D eigenvalue weighted by Gasteiger charge is -2.06. The molecule has 2 rings (SSSR count). The van der Waals surface area contributed by atoms with Crippen molar-refractivity contribution in [3.8, 4) is 0 Å². The highest BCUT2D eigenvalue weighted by Crippen LogP contribution is 2.29. The first-order chi connectivity index (χ1) is 9.88. The summed E-state index contributed by atoms with van der Waals surface area (Å²) in [5, 5.41) is 0. The Kier molecular flexibility index (Phi) is 4.12. The van der Waals surface area contributed by atoms with E-state index in [4.69, 9.17) is 5.73 Å². The van der Waals surface area contributed by atoms with E-state index in [1.165, 1.54) is 24.3 Å². The maximum Gasteiger partial charge on any atom is 0.416 e. The average molecular weight is 291 g/mol. The number of hydrogen-bond donors (Lipinski definition) is 1. The van der Waals surface area contributed by atoms with Crippen molar-refractivity contribution < 1.29 is 18.0 Å². The van der Waals surface area contributed by atoms with E-state index >= 15 is 0 Å². The molecule has 2 aromatic carbocycles. The third-order valence-corrected chi connectivity index (χ3v) is 2.87. The first-order valence-electron chi connectivity index (χ1n) is 6.12. The number of benzene rings is 2. The van der Waals surface area contributed by atoms with Crippen molar-refractivity contribution in [3.63, 3.8) is 0 Å². The molecule has 0 aromatic heterocycles. The van der Waals surface area contributed by atoms with Gasteiger partial charge in [0.15, 0.2) is 5.78 Å². The lowest BCUT2D eigenvalue weighted by molar-refractivity contribution is -0.137. The molecule has 0 amide bonds. The topological polar surface area (TPSA) is 43.1 Å². The number of para-hydroxylation sites is 1. The molecule has 0 bridgehead atoms. The Bertz CT molecular complexity index is 690. The molecule has 0 unspecified atom stereocenters. The summed E-state index contributed by atoms with van der Waals surface area (Å²) >= 11 is 0. The summed E-state index contributed by atoms with van der Waals surface area (Å²) < 4.78 is 37.7. The third kappa shape index (κ3) is 3.72. The van der Waals surface area contributed by atoms with Crippen LogP contribution in [0.15, 0.2) is 54.6 Å². The van der Waals surface area contributed by atoms with Crippen LogP contribution in [0.2, 0.25) is 0 Å². The van der Waals surface area contributed by atoms with Gasteiger partial charge in [-0.2, -0.15) is 13.2 Å². The number of allylic oxidation sites excluding steroid dienone is 1. The minimum Gasteiger partial charge on any atom is -0.398 e. The third-order valence-electron chi connectivity index (χ3n) is 2.87. The van der Waals surface area contributed by atoms with Crippen molar-refractivity contribution in [1.82, 2.24) is 0 Å². The molecule has 2 aromatic rings. The first kappa shape index (κ1) is 14.8. The van der Waals surface area contributed by atoms with Crippen LogP contribution in [0.25, 0.3) is 6.08 Å². The Morgan fingerprint density at radius 1 is 1.05 bits per heavy atom. The fourth-order valence-electron chi connectivity index (χ4n) is 1.80. The lowest BCUT2D eigenvalue weighted by atomic mass is 10.1. The van der Waals surface area contributed by atoms with Crippen molar-refractivity contribution in [3.05, 3.63) is 71.3 Å². The molecule has 2 nitrogen and oxygen atoms in total. The second kappa shape index (κ2) is 5.83. The molecule has 0 fully saturated rings. The molecule has 108 valence electrons. The van der Waals surface area contributed by atoms with Crippen LogP contribution in [0.1, 0.15) is 21.5 Å². The van der Waals surface area contributed by atoms with Crippen molar-refractivity contribution in [2.45, 2.75) is 6.18 Å². The Morgan fingerprint density at radius 3 is 2.43 bits per heavy atom. The van der Waals surface area contributed by atoms with Gasteiger partial charge in [0.05, 0.1) is 5.56 Å². The van der Waals surface area contributed by atoms with E-state index < -0.39 is 11.7 Å². The molecule has 0 atom stereocenters. The van der Waals surface area contributed by atoms with Crippen molar-refractivity contribution in [2.24, 2.45) is 0 Å². The smallest absolute Gasteiger partial charge is 0.398 e. The van der Waals surface area contributed by atoms with Crippen molar-refractivity contribution >= 4 is 17.5 Å². The van der Waals surface area contributed by atoms with Crippen molar-refractivity contribution in [1.29, 1.82) is 0 Å². The van der Waals surface area contributed by atoms with E-state index in [1.807, 2.05) is 0 Å². The highest BCUT2D eigenvalue weighted by Gasteiger charge is 2.30. The summed E-state index contributed by atoms with van der Waals surface area (Å²) in [7, 11) is 0. The predicted molar refractivity (Wildman–Crippen MR) is 75.7 cm³/mol. The van der Waals surface area contributed by atoms with Gasteiger partial charge < -0.3 is 5.73 Å². The van der Waals surface area contributed by atoms with Gasteiger partial charge in [0.2, 0.25) is 0 Å². The number of carbonyl (C=O) groups excluding carboxylic acids is 1. The number of rotatable bonds is 3. The zero-order chi connectivity index (χ0) is 15.5. The molecule has 0 heterocycles. The molecule has 0 saturated carbocycles. The number of carbonyl (C=O) groups is 1. The molecule has 2 N–H and O–H groups in total. The molecule has 0 spiro atoms. The lowest BCUT2D eigenvalue weighted by Crippen LogP contribution is -2.04. The van der Waals surface area contributed by atoms with Gasteiger partial charge in [-0.1, -0.05) is 30.3 Å². The van der Waals surface area contributed by atoms with Crippen LogP contribution >= 0.6 is 0 Å². The molecular weight excluding hydrogens is 279 g/mol. The number of anilines is 1. The zero-order valence-electron chi connectivity index (χ0n) is 10.9. The average Bonchev–Trinajstić information content (AvgIpc) is 2.45. The van der Waals surface area contributed by atoms with Gasteiger partial charge >= 0.3 is 6.18 Å². The highest BCUT2D eigenvalue weighted by molar-refractivity contribution is 6.10. The first-order valence-corrected chi connectivity index (χ1v) is 6.12. The van der Waals surface area contributed by atoms with Gasteiger partial charge in [-0.25, -0.2) is 0 Å². The largest absolute Gasteiger partial charge is 0.416 e. The summed E-state index contributed by atoms with van der Waals surface area (Å²) in [6.45, 7) is 0. The molecule has 0 aliphatic carbocycles.